The lowest BCUT2D eigenvalue weighted by Crippen LogP contribution is -1.95. The van der Waals surface area contributed by atoms with Gasteiger partial charge >= 0.3 is 0 Å². The minimum Gasteiger partial charge on any atom is -0.393 e. The lowest BCUT2D eigenvalue weighted by Gasteiger charge is -1.94. The first-order valence-corrected chi connectivity index (χ1v) is 3.20. The van der Waals surface area contributed by atoms with E-state index in [0.717, 1.165) is 0 Å². The van der Waals surface area contributed by atoms with Crippen molar-refractivity contribution in [3.63, 3.8) is 0 Å². The minimum absolute atomic E-state index is 0.241. The molecule has 0 aromatic carbocycles. The molecule has 1 N–H and O–H groups in total. The number of allylic oxidation sites excluding steroid dienone is 1. The van der Waals surface area contributed by atoms with E-state index in [-0.39, 0.29) is 6.10 Å². The second-order valence-corrected chi connectivity index (χ2v) is 2.02. The maximum absolute atomic E-state index is 8.68. The van der Waals surface area contributed by atoms with Crippen molar-refractivity contribution >= 4 is 11.6 Å². The third kappa shape index (κ3) is 5.99. The number of alkyl halides is 1. The van der Waals surface area contributed by atoms with E-state index in [1.165, 1.54) is 0 Å². The van der Waals surface area contributed by atoms with Crippen LogP contribution in [0, 0.1) is 0 Å². The Hall–Kier alpha value is -0.0100. The molecular weight excluding hydrogens is 124 g/mol. The Labute approximate surface area is 55.0 Å². The fourth-order valence-electron chi connectivity index (χ4n) is 0.356. The van der Waals surface area contributed by atoms with Crippen LogP contribution < -0.4 is 0 Å². The van der Waals surface area contributed by atoms with Gasteiger partial charge in [0.15, 0.2) is 0 Å². The van der Waals surface area contributed by atoms with E-state index < -0.39 is 0 Å². The quantitative estimate of drug-likeness (QED) is 0.459. The highest BCUT2D eigenvalue weighted by Crippen LogP contribution is 1.90. The molecule has 8 heavy (non-hydrogen) atoms. The Morgan fingerprint density at radius 3 is 2.62 bits per heavy atom. The number of rotatable bonds is 3. The van der Waals surface area contributed by atoms with Gasteiger partial charge in [-0.25, -0.2) is 0 Å². The Kier molecular flexibility index (Phi) is 5.13. The lowest BCUT2D eigenvalue weighted by molar-refractivity contribution is 0.198. The first-order chi connectivity index (χ1) is 3.77. The van der Waals surface area contributed by atoms with Gasteiger partial charge in [-0.1, -0.05) is 12.2 Å². The molecular formula is C6H11ClO. The average molecular weight is 135 g/mol. The predicted molar refractivity (Wildman–Crippen MR) is 36.2 cm³/mol. The largest absolute Gasteiger partial charge is 0.393 e. The van der Waals surface area contributed by atoms with Gasteiger partial charge < -0.3 is 5.11 Å². The van der Waals surface area contributed by atoms with E-state index in [1.54, 1.807) is 6.92 Å². The highest BCUT2D eigenvalue weighted by Gasteiger charge is 1.86. The maximum atomic E-state index is 8.68. The number of halogens is 1. The zero-order valence-corrected chi connectivity index (χ0v) is 5.73. The molecule has 1 unspecified atom stereocenters. The van der Waals surface area contributed by atoms with Crippen molar-refractivity contribution in [3.05, 3.63) is 12.2 Å². The van der Waals surface area contributed by atoms with Crippen LogP contribution in [0.25, 0.3) is 0 Å². The Morgan fingerprint density at radius 2 is 2.25 bits per heavy atom. The molecule has 1 atom stereocenters. The summed E-state index contributed by atoms with van der Waals surface area (Å²) >= 11 is 5.32. The van der Waals surface area contributed by atoms with Crippen molar-refractivity contribution < 1.29 is 5.11 Å². The molecule has 0 spiro atoms. The molecule has 0 radical (unpaired) electrons. The van der Waals surface area contributed by atoms with Gasteiger partial charge in [-0.2, -0.15) is 0 Å². The van der Waals surface area contributed by atoms with Crippen molar-refractivity contribution in [3.8, 4) is 0 Å². The van der Waals surface area contributed by atoms with Gasteiger partial charge in [-0.3, -0.25) is 0 Å². The highest BCUT2D eigenvalue weighted by molar-refractivity contribution is 6.18. The van der Waals surface area contributed by atoms with Crippen molar-refractivity contribution in [1.82, 2.24) is 0 Å². The van der Waals surface area contributed by atoms with E-state index >= 15 is 0 Å². The fourth-order valence-corrected chi connectivity index (χ4v) is 0.482. The van der Waals surface area contributed by atoms with Crippen molar-refractivity contribution in [2.24, 2.45) is 0 Å². The Bertz CT molecular complexity index is 68.9. The molecule has 0 fully saturated rings. The molecule has 0 aliphatic rings. The van der Waals surface area contributed by atoms with Crippen molar-refractivity contribution in [2.45, 2.75) is 19.4 Å². The first-order valence-electron chi connectivity index (χ1n) is 2.66. The molecule has 0 amide bonds. The smallest absolute Gasteiger partial charge is 0.0546 e. The molecule has 0 aromatic heterocycles. The SMILES string of the molecule is CC(O)C/C=C/CCl. The van der Waals surface area contributed by atoms with Crippen LogP contribution in [-0.2, 0) is 0 Å². The van der Waals surface area contributed by atoms with Crippen LogP contribution in [0.5, 0.6) is 0 Å². The standard InChI is InChI=1S/C6H11ClO/c1-6(8)4-2-3-5-7/h2-3,6,8H,4-5H2,1H3/b3-2+. The van der Waals surface area contributed by atoms with Gasteiger partial charge in [-0.15, -0.1) is 11.6 Å². The van der Waals surface area contributed by atoms with E-state index in [4.69, 9.17) is 16.7 Å². The minimum atomic E-state index is -0.241. The summed E-state index contributed by atoms with van der Waals surface area (Å²) in [6.45, 7) is 1.75. The van der Waals surface area contributed by atoms with Crippen LogP contribution in [0.3, 0.4) is 0 Å². The summed E-state index contributed by atoms with van der Waals surface area (Å²) in [6, 6.07) is 0. The summed E-state index contributed by atoms with van der Waals surface area (Å²) in [5.41, 5.74) is 0. The number of hydrogen-bond acceptors (Lipinski definition) is 1. The van der Waals surface area contributed by atoms with Crippen LogP contribution in [0.15, 0.2) is 12.2 Å². The Balaban J connectivity index is 3.03. The summed E-state index contributed by atoms with van der Waals surface area (Å²) < 4.78 is 0. The Morgan fingerprint density at radius 1 is 1.62 bits per heavy atom. The zero-order chi connectivity index (χ0) is 6.41. The van der Waals surface area contributed by atoms with Gasteiger partial charge in [0.1, 0.15) is 0 Å². The molecule has 0 saturated carbocycles. The molecule has 0 heterocycles. The van der Waals surface area contributed by atoms with Crippen LogP contribution in [-0.4, -0.2) is 17.1 Å². The molecule has 0 rings (SSSR count). The molecule has 0 aromatic rings. The van der Waals surface area contributed by atoms with E-state index in [0.29, 0.717) is 12.3 Å². The third-order valence-corrected chi connectivity index (χ3v) is 0.911. The lowest BCUT2D eigenvalue weighted by atomic mass is 10.3. The van der Waals surface area contributed by atoms with Gasteiger partial charge in [0, 0.05) is 5.88 Å². The summed E-state index contributed by atoms with van der Waals surface area (Å²) in [4.78, 5) is 0. The van der Waals surface area contributed by atoms with Crippen LogP contribution in [0.1, 0.15) is 13.3 Å². The fraction of sp³-hybridized carbons (Fsp3) is 0.667. The topological polar surface area (TPSA) is 20.2 Å². The monoisotopic (exact) mass is 134 g/mol. The van der Waals surface area contributed by atoms with Crippen LogP contribution >= 0.6 is 11.6 Å². The number of hydrogen-bond donors (Lipinski definition) is 1. The van der Waals surface area contributed by atoms with Crippen molar-refractivity contribution in [1.29, 1.82) is 0 Å². The third-order valence-electron chi connectivity index (χ3n) is 0.733. The molecule has 2 heteroatoms. The maximum Gasteiger partial charge on any atom is 0.0546 e. The summed E-state index contributed by atoms with van der Waals surface area (Å²) in [6.07, 6.45) is 4.16. The molecule has 0 bridgehead atoms. The van der Waals surface area contributed by atoms with E-state index in [2.05, 4.69) is 0 Å². The molecule has 0 saturated heterocycles. The average Bonchev–Trinajstić information content (AvgIpc) is 1.66. The van der Waals surface area contributed by atoms with Gasteiger partial charge in [0.2, 0.25) is 0 Å². The second-order valence-electron chi connectivity index (χ2n) is 1.71. The summed E-state index contributed by atoms with van der Waals surface area (Å²) in [7, 11) is 0. The zero-order valence-electron chi connectivity index (χ0n) is 4.97. The van der Waals surface area contributed by atoms with Gasteiger partial charge in [0.05, 0.1) is 6.10 Å². The highest BCUT2D eigenvalue weighted by atomic mass is 35.5. The van der Waals surface area contributed by atoms with Gasteiger partial charge in [-0.05, 0) is 13.3 Å². The van der Waals surface area contributed by atoms with Gasteiger partial charge in [0.25, 0.3) is 0 Å². The van der Waals surface area contributed by atoms with E-state index in [1.807, 2.05) is 12.2 Å². The summed E-state index contributed by atoms with van der Waals surface area (Å²) in [5.74, 6) is 0.534. The van der Waals surface area contributed by atoms with E-state index in [9.17, 15) is 0 Å². The molecule has 0 aliphatic carbocycles. The number of aliphatic hydroxyl groups excluding tert-OH is 1. The normalized spacial score (nSPS) is 14.9. The summed E-state index contributed by atoms with van der Waals surface area (Å²) in [5, 5.41) is 8.68. The molecule has 1 nitrogen and oxygen atoms in total. The predicted octanol–water partition coefficient (Wildman–Crippen LogP) is 1.55. The first kappa shape index (κ1) is 7.99. The molecule has 48 valence electrons. The van der Waals surface area contributed by atoms with Crippen LogP contribution in [0.2, 0.25) is 0 Å². The molecule has 0 aliphatic heterocycles. The van der Waals surface area contributed by atoms with Crippen LogP contribution in [0.4, 0.5) is 0 Å². The number of aliphatic hydroxyl groups is 1. The van der Waals surface area contributed by atoms with Crippen molar-refractivity contribution in [2.75, 3.05) is 5.88 Å². The second kappa shape index (κ2) is 5.13.